The van der Waals surface area contributed by atoms with E-state index in [-0.39, 0.29) is 17.5 Å². The molecule has 3 atom stereocenters. The number of nitrogens with two attached hydrogens (primary N) is 1. The van der Waals surface area contributed by atoms with E-state index in [2.05, 4.69) is 5.32 Å². The molecule has 1 amide bonds. The van der Waals surface area contributed by atoms with E-state index < -0.39 is 42.4 Å². The van der Waals surface area contributed by atoms with Crippen LogP contribution in [0.15, 0.2) is 35.9 Å². The van der Waals surface area contributed by atoms with Gasteiger partial charge in [-0.2, -0.15) is 0 Å². The minimum absolute atomic E-state index is 0.184. The summed E-state index contributed by atoms with van der Waals surface area (Å²) in [6, 6.07) is 5.23. The van der Waals surface area contributed by atoms with Gasteiger partial charge in [-0.3, -0.25) is 14.5 Å². The zero-order chi connectivity index (χ0) is 25.3. The third-order valence-electron chi connectivity index (χ3n) is 4.96. The maximum absolute atomic E-state index is 12.6. The van der Waals surface area contributed by atoms with Crippen LogP contribution in [0.5, 0.6) is 0 Å². The van der Waals surface area contributed by atoms with Crippen molar-refractivity contribution in [1.29, 1.82) is 0 Å². The number of halogens is 1. The van der Waals surface area contributed by atoms with Gasteiger partial charge in [0.05, 0.1) is 13.2 Å². The van der Waals surface area contributed by atoms with Crippen LogP contribution in [0.4, 0.5) is 0 Å². The van der Waals surface area contributed by atoms with E-state index in [0.717, 1.165) is 6.08 Å². The Kier molecular flexibility index (Phi) is 11.2. The van der Waals surface area contributed by atoms with E-state index in [1.165, 1.54) is 28.7 Å². The number of rotatable bonds is 11. The molecule has 0 aliphatic carbocycles. The number of hydrogen-bond donors (Lipinski definition) is 4. The Bertz CT molecular complexity index is 947. The van der Waals surface area contributed by atoms with Gasteiger partial charge in [0.1, 0.15) is 12.6 Å². The van der Waals surface area contributed by atoms with Gasteiger partial charge in [0, 0.05) is 35.2 Å². The summed E-state index contributed by atoms with van der Waals surface area (Å²) >= 11 is 6.32. The Morgan fingerprint density at radius 3 is 2.65 bits per heavy atom. The minimum Gasteiger partial charge on any atom is -0.480 e. The van der Waals surface area contributed by atoms with Crippen molar-refractivity contribution in [2.75, 3.05) is 32.5 Å². The summed E-state index contributed by atoms with van der Waals surface area (Å²) in [6.07, 6.45) is 1.67. The maximum atomic E-state index is 12.6. The van der Waals surface area contributed by atoms with Crippen LogP contribution < -0.4 is 11.1 Å². The number of carbonyl (C=O) groups excluding carboxylic acids is 2. The molecule has 186 valence electrons. The first-order valence-corrected chi connectivity index (χ1v) is 12.9. The van der Waals surface area contributed by atoms with Gasteiger partial charge in [0.2, 0.25) is 5.91 Å². The molecular weight excluding hydrogens is 506 g/mol. The van der Waals surface area contributed by atoms with E-state index in [0.29, 0.717) is 29.1 Å². The summed E-state index contributed by atoms with van der Waals surface area (Å²) in [7, 11) is 3.97. The highest BCUT2D eigenvalue weighted by Crippen LogP contribution is 2.39. The number of likely N-dealkylation sites (tertiary alicyclic amines) is 1. The zero-order valence-electron chi connectivity index (χ0n) is 18.3. The third-order valence-corrected chi connectivity index (χ3v) is 8.22. The second kappa shape index (κ2) is 13.6. The molecule has 2 rings (SSSR count). The first kappa shape index (κ1) is 28.0. The third kappa shape index (κ3) is 8.20. The highest BCUT2D eigenvalue weighted by atomic mass is 35.5. The summed E-state index contributed by atoms with van der Waals surface area (Å²) in [5.41, 5.74) is 6.98. The van der Waals surface area contributed by atoms with E-state index >= 15 is 0 Å². The quantitative estimate of drug-likeness (QED) is 0.186. The molecule has 10 nitrogen and oxygen atoms in total. The van der Waals surface area contributed by atoms with Gasteiger partial charge in [0.15, 0.2) is 0 Å². The molecule has 5 N–H and O–H groups in total. The molecule has 13 heteroatoms. The molecule has 0 radical (unpaired) electrons. The molecule has 3 unspecified atom stereocenters. The van der Waals surface area contributed by atoms with Gasteiger partial charge in [-0.05, 0) is 23.6 Å². The first-order valence-electron chi connectivity index (χ1n) is 10.2. The molecule has 0 spiro atoms. The van der Waals surface area contributed by atoms with Crippen LogP contribution in [0, 0.1) is 0 Å². The Balaban J connectivity index is 2.08. The van der Waals surface area contributed by atoms with E-state index in [1.54, 1.807) is 24.3 Å². The van der Waals surface area contributed by atoms with Crippen molar-refractivity contribution in [2.45, 2.75) is 23.8 Å². The van der Waals surface area contributed by atoms with Crippen molar-refractivity contribution in [2.24, 2.45) is 5.73 Å². The molecule has 1 aromatic rings. The van der Waals surface area contributed by atoms with Gasteiger partial charge in [-0.25, -0.2) is 9.59 Å². The average Bonchev–Trinajstić information content (AvgIpc) is 2.79. The van der Waals surface area contributed by atoms with Crippen LogP contribution in [0.3, 0.4) is 0 Å². The largest absolute Gasteiger partial charge is 0.480 e. The van der Waals surface area contributed by atoms with Crippen LogP contribution in [0.1, 0.15) is 18.0 Å². The number of nitrogens with zero attached hydrogens (tertiary/aromatic N) is 1. The summed E-state index contributed by atoms with van der Waals surface area (Å²) in [4.78, 5) is 48.3. The van der Waals surface area contributed by atoms with Crippen LogP contribution in [-0.2, 0) is 23.9 Å². The number of esters is 1. The molecule has 0 saturated carbocycles. The molecule has 1 saturated heterocycles. The number of benzene rings is 1. The standard InChI is InChI=1S/C21H26ClN3O7S2/c1-32-21(31)19(13-4-2-3-5-14(13)22)25-7-6-16(12(10-25)8-17(26)27)34-33-11-15(23)20(30)24-9-18(28)29/h2-5,8,15-16,19H,6-7,9-11,23H2,1H3,(H,24,30)(H,26,27)(H,28,29)/b12-8-. The highest BCUT2D eigenvalue weighted by molar-refractivity contribution is 8.77. The van der Waals surface area contributed by atoms with Crippen molar-refractivity contribution in [3.05, 3.63) is 46.5 Å². The van der Waals surface area contributed by atoms with Crippen molar-refractivity contribution in [3.63, 3.8) is 0 Å². The Morgan fingerprint density at radius 1 is 1.32 bits per heavy atom. The van der Waals surface area contributed by atoms with Gasteiger partial charge in [-0.1, -0.05) is 51.4 Å². The number of hydrogen-bond acceptors (Lipinski definition) is 9. The summed E-state index contributed by atoms with van der Waals surface area (Å²) in [5.74, 6) is -3.14. The van der Waals surface area contributed by atoms with Gasteiger partial charge in [0.25, 0.3) is 0 Å². The molecule has 1 fully saturated rings. The normalized spacial score (nSPS) is 19.3. The number of nitrogens with one attached hydrogen (secondary N) is 1. The second-order valence-corrected chi connectivity index (χ2v) is 10.4. The fraction of sp³-hybridized carbons (Fsp3) is 0.429. The van der Waals surface area contributed by atoms with Gasteiger partial charge < -0.3 is 26.0 Å². The lowest BCUT2D eigenvalue weighted by molar-refractivity contribution is -0.147. The van der Waals surface area contributed by atoms with E-state index in [9.17, 15) is 24.3 Å². The predicted octanol–water partition coefficient (Wildman–Crippen LogP) is 1.55. The van der Waals surface area contributed by atoms with Crippen molar-refractivity contribution < 1.29 is 34.1 Å². The first-order chi connectivity index (χ1) is 16.1. The monoisotopic (exact) mass is 531 g/mol. The number of carboxylic acid groups (broad SMARTS) is 2. The molecule has 1 aliphatic rings. The maximum Gasteiger partial charge on any atom is 0.328 e. The van der Waals surface area contributed by atoms with Crippen LogP contribution >= 0.6 is 33.2 Å². The van der Waals surface area contributed by atoms with E-state index in [4.69, 9.17) is 27.2 Å². The SMILES string of the molecule is COC(=O)C(c1ccccc1Cl)N1CCC(SSCC(N)C(=O)NCC(=O)O)/C(=C\C(=O)O)C1. The van der Waals surface area contributed by atoms with Gasteiger partial charge >= 0.3 is 17.9 Å². The fourth-order valence-electron chi connectivity index (χ4n) is 3.36. The topological polar surface area (TPSA) is 159 Å². The minimum atomic E-state index is -1.17. The number of carboxylic acids is 2. The molecular formula is C21H26ClN3O7S2. The van der Waals surface area contributed by atoms with Gasteiger partial charge in [-0.15, -0.1) is 0 Å². The molecule has 34 heavy (non-hydrogen) atoms. The highest BCUT2D eigenvalue weighted by Gasteiger charge is 2.35. The van der Waals surface area contributed by atoms with Crippen LogP contribution in [0.2, 0.25) is 5.02 Å². The number of piperidine rings is 1. The Morgan fingerprint density at radius 2 is 2.03 bits per heavy atom. The summed E-state index contributed by atoms with van der Waals surface area (Å²) in [6.45, 7) is 0.174. The van der Waals surface area contributed by atoms with Crippen molar-refractivity contribution in [3.8, 4) is 0 Å². The van der Waals surface area contributed by atoms with Crippen molar-refractivity contribution >= 4 is 57.0 Å². The zero-order valence-corrected chi connectivity index (χ0v) is 20.7. The average molecular weight is 532 g/mol. The lowest BCUT2D eigenvalue weighted by atomic mass is 9.98. The predicted molar refractivity (Wildman–Crippen MR) is 131 cm³/mol. The van der Waals surface area contributed by atoms with E-state index in [1.807, 2.05) is 4.90 Å². The van der Waals surface area contributed by atoms with Crippen LogP contribution in [-0.4, -0.2) is 82.7 Å². The lowest BCUT2D eigenvalue weighted by Crippen LogP contribution is -2.44. The number of carbonyl (C=O) groups is 4. The number of methoxy groups -OCH3 is 1. The molecule has 1 aromatic carbocycles. The number of amides is 1. The molecule has 0 aromatic heterocycles. The lowest BCUT2D eigenvalue weighted by Gasteiger charge is -2.37. The number of aliphatic carboxylic acids is 2. The molecule has 1 heterocycles. The Hall–Kier alpha value is -2.25. The Labute approximate surface area is 209 Å². The fourth-order valence-corrected chi connectivity index (χ4v) is 6.43. The van der Waals surface area contributed by atoms with Crippen molar-refractivity contribution in [1.82, 2.24) is 10.2 Å². The van der Waals surface area contributed by atoms with Crippen LogP contribution in [0.25, 0.3) is 0 Å². The summed E-state index contributed by atoms with van der Waals surface area (Å²) < 4.78 is 4.99. The summed E-state index contributed by atoms with van der Waals surface area (Å²) in [5, 5.41) is 20.4. The second-order valence-electron chi connectivity index (χ2n) is 7.35. The molecule has 0 bridgehead atoms. The number of ether oxygens (including phenoxy) is 1. The smallest absolute Gasteiger partial charge is 0.328 e. The molecule has 1 aliphatic heterocycles.